The number of hydrogen-bond acceptors (Lipinski definition) is 3. The van der Waals surface area contributed by atoms with Crippen LogP contribution in [0.2, 0.25) is 0 Å². The van der Waals surface area contributed by atoms with E-state index in [1.807, 2.05) is 0 Å². The molecule has 0 spiro atoms. The number of aromatic nitrogens is 3. The topological polar surface area (TPSA) is 38.7 Å². The summed E-state index contributed by atoms with van der Waals surface area (Å²) in [6, 6.07) is 3.09. The van der Waals surface area contributed by atoms with Crippen molar-refractivity contribution >= 4 is 0 Å². The van der Waals surface area contributed by atoms with E-state index in [2.05, 4.69) is 15.0 Å². The number of hydrogen-bond donors (Lipinski definition) is 0. The van der Waals surface area contributed by atoms with Crippen LogP contribution in [0.15, 0.2) is 37.1 Å². The SMILES string of the molecule is FC(F)(F)c1ncncc1-c1cccnc1. The average molecular weight is 225 g/mol. The second kappa shape index (κ2) is 3.88. The molecule has 3 nitrogen and oxygen atoms in total. The largest absolute Gasteiger partial charge is 0.434 e. The van der Waals surface area contributed by atoms with Gasteiger partial charge in [-0.05, 0) is 6.07 Å². The Morgan fingerprint density at radius 1 is 1.06 bits per heavy atom. The maximum atomic E-state index is 12.6. The molecule has 16 heavy (non-hydrogen) atoms. The third-order valence-corrected chi connectivity index (χ3v) is 1.95. The first-order valence-corrected chi connectivity index (χ1v) is 4.36. The standard InChI is InChI=1S/C10H6F3N3/c11-10(12,13)9-8(5-15-6-16-9)7-2-1-3-14-4-7/h1-6H. The maximum Gasteiger partial charge on any atom is 0.434 e. The highest BCUT2D eigenvalue weighted by molar-refractivity contribution is 5.64. The number of rotatable bonds is 1. The molecule has 0 aliphatic heterocycles. The van der Waals surface area contributed by atoms with Gasteiger partial charge in [-0.3, -0.25) is 4.98 Å². The lowest BCUT2D eigenvalue weighted by Gasteiger charge is -2.10. The zero-order valence-electron chi connectivity index (χ0n) is 7.94. The van der Waals surface area contributed by atoms with Gasteiger partial charge in [0.1, 0.15) is 6.33 Å². The minimum atomic E-state index is -4.49. The van der Waals surface area contributed by atoms with E-state index in [1.165, 1.54) is 18.5 Å². The van der Waals surface area contributed by atoms with Crippen molar-refractivity contribution in [3.05, 3.63) is 42.7 Å². The first-order valence-electron chi connectivity index (χ1n) is 4.36. The minimum Gasteiger partial charge on any atom is -0.264 e. The molecule has 0 unspecified atom stereocenters. The van der Waals surface area contributed by atoms with E-state index < -0.39 is 11.9 Å². The van der Waals surface area contributed by atoms with Crippen molar-refractivity contribution in [1.29, 1.82) is 0 Å². The predicted molar refractivity (Wildman–Crippen MR) is 50.3 cm³/mol. The molecular formula is C10H6F3N3. The molecule has 2 rings (SSSR count). The molecule has 6 heteroatoms. The second-order valence-electron chi connectivity index (χ2n) is 3.02. The van der Waals surface area contributed by atoms with E-state index in [-0.39, 0.29) is 5.56 Å². The van der Waals surface area contributed by atoms with E-state index in [0.29, 0.717) is 5.56 Å². The molecule has 0 atom stereocenters. The van der Waals surface area contributed by atoms with Gasteiger partial charge in [0.05, 0.1) is 0 Å². The molecule has 0 aromatic carbocycles. The molecule has 0 saturated heterocycles. The summed E-state index contributed by atoms with van der Waals surface area (Å²) in [6.45, 7) is 0. The van der Waals surface area contributed by atoms with Crippen LogP contribution in [0, 0.1) is 0 Å². The van der Waals surface area contributed by atoms with Gasteiger partial charge in [-0.15, -0.1) is 0 Å². The van der Waals surface area contributed by atoms with Crippen molar-refractivity contribution in [2.45, 2.75) is 6.18 Å². The smallest absolute Gasteiger partial charge is 0.264 e. The summed E-state index contributed by atoms with van der Waals surface area (Å²) in [7, 11) is 0. The Balaban J connectivity index is 2.58. The first kappa shape index (κ1) is 10.5. The average Bonchev–Trinajstić information content (AvgIpc) is 2.29. The highest BCUT2D eigenvalue weighted by Gasteiger charge is 2.35. The van der Waals surface area contributed by atoms with Crippen LogP contribution in [-0.2, 0) is 6.18 Å². The highest BCUT2D eigenvalue weighted by Crippen LogP contribution is 2.34. The normalized spacial score (nSPS) is 11.4. The van der Waals surface area contributed by atoms with Gasteiger partial charge in [0.2, 0.25) is 0 Å². The maximum absolute atomic E-state index is 12.6. The summed E-state index contributed by atoms with van der Waals surface area (Å²) in [6.07, 6.45) is 0.345. The van der Waals surface area contributed by atoms with Crippen LogP contribution in [0.4, 0.5) is 13.2 Å². The van der Waals surface area contributed by atoms with E-state index >= 15 is 0 Å². The van der Waals surface area contributed by atoms with Gasteiger partial charge in [-0.2, -0.15) is 13.2 Å². The van der Waals surface area contributed by atoms with Crippen LogP contribution in [-0.4, -0.2) is 15.0 Å². The molecule has 0 radical (unpaired) electrons. The van der Waals surface area contributed by atoms with E-state index in [4.69, 9.17) is 0 Å². The molecule has 0 bridgehead atoms. The lowest BCUT2D eigenvalue weighted by molar-refractivity contribution is -0.140. The molecule has 0 amide bonds. The Hall–Kier alpha value is -1.98. The molecule has 0 aliphatic carbocycles. The summed E-state index contributed by atoms with van der Waals surface area (Å²) in [5.41, 5.74) is -0.672. The third-order valence-electron chi connectivity index (χ3n) is 1.95. The predicted octanol–water partition coefficient (Wildman–Crippen LogP) is 2.56. The van der Waals surface area contributed by atoms with Crippen molar-refractivity contribution < 1.29 is 13.2 Å². The zero-order valence-corrected chi connectivity index (χ0v) is 7.94. The van der Waals surface area contributed by atoms with Crippen molar-refractivity contribution in [2.24, 2.45) is 0 Å². The van der Waals surface area contributed by atoms with Crippen LogP contribution in [0.25, 0.3) is 11.1 Å². The molecule has 2 aromatic heterocycles. The fourth-order valence-corrected chi connectivity index (χ4v) is 1.29. The van der Waals surface area contributed by atoms with Gasteiger partial charge in [-0.1, -0.05) is 6.07 Å². The van der Waals surface area contributed by atoms with Gasteiger partial charge >= 0.3 is 6.18 Å². The van der Waals surface area contributed by atoms with Crippen LogP contribution in [0.3, 0.4) is 0 Å². The van der Waals surface area contributed by atoms with E-state index in [0.717, 1.165) is 12.5 Å². The summed E-state index contributed by atoms with van der Waals surface area (Å²) in [4.78, 5) is 10.6. The fraction of sp³-hybridized carbons (Fsp3) is 0.100. The van der Waals surface area contributed by atoms with Gasteiger partial charge in [0.15, 0.2) is 5.69 Å². The van der Waals surface area contributed by atoms with Crippen LogP contribution >= 0.6 is 0 Å². The van der Waals surface area contributed by atoms with Crippen molar-refractivity contribution in [1.82, 2.24) is 15.0 Å². The molecule has 2 aromatic rings. The van der Waals surface area contributed by atoms with Crippen molar-refractivity contribution in [3.63, 3.8) is 0 Å². The van der Waals surface area contributed by atoms with Gasteiger partial charge in [0.25, 0.3) is 0 Å². The zero-order chi connectivity index (χ0) is 11.6. The fourth-order valence-electron chi connectivity index (χ4n) is 1.29. The Labute approximate surface area is 89.0 Å². The summed E-state index contributed by atoms with van der Waals surface area (Å²) in [5, 5.41) is 0. The molecular weight excluding hydrogens is 219 g/mol. The summed E-state index contributed by atoms with van der Waals surface area (Å²) >= 11 is 0. The second-order valence-corrected chi connectivity index (χ2v) is 3.02. The number of halogens is 3. The van der Waals surface area contributed by atoms with E-state index in [1.54, 1.807) is 6.07 Å². The van der Waals surface area contributed by atoms with Gasteiger partial charge in [-0.25, -0.2) is 9.97 Å². The number of nitrogens with zero attached hydrogens (tertiary/aromatic N) is 3. The molecule has 82 valence electrons. The Morgan fingerprint density at radius 2 is 1.88 bits per heavy atom. The summed E-state index contributed by atoms with van der Waals surface area (Å²) < 4.78 is 37.9. The highest BCUT2D eigenvalue weighted by atomic mass is 19.4. The molecule has 0 N–H and O–H groups in total. The quantitative estimate of drug-likeness (QED) is 0.748. The van der Waals surface area contributed by atoms with Crippen LogP contribution < -0.4 is 0 Å². The Bertz CT molecular complexity index is 482. The molecule has 0 saturated carbocycles. The molecule has 0 aliphatic rings. The van der Waals surface area contributed by atoms with Crippen LogP contribution in [0.5, 0.6) is 0 Å². The lowest BCUT2D eigenvalue weighted by Crippen LogP contribution is -2.10. The van der Waals surface area contributed by atoms with Gasteiger partial charge in [0, 0.05) is 29.7 Å². The Kier molecular flexibility index (Phi) is 2.55. The van der Waals surface area contributed by atoms with Crippen LogP contribution in [0.1, 0.15) is 5.69 Å². The van der Waals surface area contributed by atoms with Crippen molar-refractivity contribution in [3.8, 4) is 11.1 Å². The first-order chi connectivity index (χ1) is 7.59. The third kappa shape index (κ3) is 2.00. The lowest BCUT2D eigenvalue weighted by atomic mass is 10.1. The Morgan fingerprint density at radius 3 is 2.50 bits per heavy atom. The minimum absolute atomic E-state index is 0.0666. The van der Waals surface area contributed by atoms with E-state index in [9.17, 15) is 13.2 Å². The van der Waals surface area contributed by atoms with Gasteiger partial charge < -0.3 is 0 Å². The summed E-state index contributed by atoms with van der Waals surface area (Å²) in [5.74, 6) is 0. The molecule has 2 heterocycles. The molecule has 0 fully saturated rings. The number of pyridine rings is 1. The number of alkyl halides is 3. The van der Waals surface area contributed by atoms with Crippen molar-refractivity contribution in [2.75, 3.05) is 0 Å². The monoisotopic (exact) mass is 225 g/mol.